The summed E-state index contributed by atoms with van der Waals surface area (Å²) < 4.78 is 4.87. The molecule has 0 saturated heterocycles. The Kier molecular flexibility index (Phi) is 2.58. The molecule has 1 aliphatic rings. The van der Waals surface area contributed by atoms with Gasteiger partial charge in [-0.15, -0.1) is 0 Å². The first kappa shape index (κ1) is 9.54. The summed E-state index contributed by atoms with van der Waals surface area (Å²) in [6.07, 6.45) is 1.32. The zero-order valence-electron chi connectivity index (χ0n) is 8.56. The zero-order valence-corrected chi connectivity index (χ0v) is 12.0. The average Bonchev–Trinajstić information content (AvgIpc) is 2.74. The van der Waals surface area contributed by atoms with Crippen molar-refractivity contribution in [2.24, 2.45) is 0 Å². The normalized spacial score (nSPS) is 15.2. The van der Waals surface area contributed by atoms with E-state index < -0.39 is 21.8 Å². The van der Waals surface area contributed by atoms with Gasteiger partial charge in [-0.3, -0.25) is 0 Å². The van der Waals surface area contributed by atoms with Crippen molar-refractivity contribution in [3.05, 3.63) is 60.2 Å². The molecule has 0 unspecified atom stereocenters. The second-order valence-electron chi connectivity index (χ2n) is 3.87. The molecule has 1 heteroatoms. The Labute approximate surface area is 98.6 Å². The first-order valence-electron chi connectivity index (χ1n) is 5.36. The van der Waals surface area contributed by atoms with Gasteiger partial charge in [-0.2, -0.15) is 0 Å². The van der Waals surface area contributed by atoms with E-state index in [9.17, 15) is 0 Å². The predicted octanol–water partition coefficient (Wildman–Crippen LogP) is 1.85. The van der Waals surface area contributed by atoms with Crippen molar-refractivity contribution in [3.8, 4) is 0 Å². The van der Waals surface area contributed by atoms with Gasteiger partial charge in [-0.05, 0) is 0 Å². The third-order valence-corrected chi connectivity index (χ3v) is 13.1. The van der Waals surface area contributed by atoms with Crippen LogP contribution in [0, 0.1) is 0 Å². The molecule has 1 aliphatic heterocycles. The maximum absolute atomic E-state index is 2.37. The van der Waals surface area contributed by atoms with Gasteiger partial charge in [0.25, 0.3) is 0 Å². The molecule has 74 valence electrons. The van der Waals surface area contributed by atoms with E-state index in [4.69, 9.17) is 0 Å². The van der Waals surface area contributed by atoms with Crippen molar-refractivity contribution >= 4 is 28.3 Å². The van der Waals surface area contributed by atoms with Crippen molar-refractivity contribution in [3.63, 3.8) is 0 Å². The Morgan fingerprint density at radius 2 is 1.53 bits per heavy atom. The van der Waals surface area contributed by atoms with Crippen LogP contribution in [0.1, 0.15) is 5.56 Å². The van der Waals surface area contributed by atoms with E-state index in [1.807, 2.05) is 0 Å². The number of hydrogen-bond acceptors (Lipinski definition) is 0. The summed E-state index contributed by atoms with van der Waals surface area (Å²) in [6, 6.07) is 20.2. The summed E-state index contributed by atoms with van der Waals surface area (Å²) in [5, 5.41) is 0. The molecule has 2 aromatic carbocycles. The minimum atomic E-state index is -1.52. The van der Waals surface area contributed by atoms with Crippen LogP contribution < -0.4 is 6.54 Å². The number of fused-ring (bicyclic) bond motifs is 1. The molecule has 0 bridgehead atoms. The van der Waals surface area contributed by atoms with E-state index >= 15 is 0 Å². The molecular formula is C14H13Bi. The molecule has 0 N–H and O–H groups in total. The van der Waals surface area contributed by atoms with Crippen LogP contribution in [0.5, 0.6) is 0 Å². The van der Waals surface area contributed by atoms with E-state index in [1.165, 1.54) is 10.5 Å². The zero-order chi connectivity index (χ0) is 10.1. The number of benzene rings is 2. The second-order valence-corrected chi connectivity index (χ2v) is 12.8. The summed E-state index contributed by atoms with van der Waals surface area (Å²) in [7, 11) is 0. The van der Waals surface area contributed by atoms with Crippen molar-refractivity contribution in [1.29, 1.82) is 0 Å². The molecule has 0 saturated carbocycles. The van der Waals surface area contributed by atoms with Crippen LogP contribution >= 0.6 is 0 Å². The Balaban J connectivity index is 2.05. The monoisotopic (exact) mass is 390 g/mol. The van der Waals surface area contributed by atoms with Gasteiger partial charge in [0.05, 0.1) is 0 Å². The first-order chi connectivity index (χ1) is 7.45. The van der Waals surface area contributed by atoms with Crippen LogP contribution in [-0.2, 0) is 6.42 Å². The van der Waals surface area contributed by atoms with Crippen molar-refractivity contribution in [2.75, 3.05) is 0 Å². The molecule has 0 nitrogen and oxygen atoms in total. The Hall–Kier alpha value is -0.677. The molecule has 0 radical (unpaired) electrons. The topological polar surface area (TPSA) is 0 Å². The molecule has 3 rings (SSSR count). The van der Waals surface area contributed by atoms with E-state index in [1.54, 1.807) is 12.1 Å². The summed E-state index contributed by atoms with van der Waals surface area (Å²) >= 11 is -1.52. The Morgan fingerprint density at radius 3 is 2.40 bits per heavy atom. The van der Waals surface area contributed by atoms with Gasteiger partial charge in [0, 0.05) is 0 Å². The third-order valence-electron chi connectivity index (χ3n) is 2.96. The summed E-state index contributed by atoms with van der Waals surface area (Å²) in [4.78, 5) is 0. The molecule has 0 spiro atoms. The molecule has 0 aliphatic carbocycles. The van der Waals surface area contributed by atoms with Gasteiger partial charge >= 0.3 is 99.0 Å². The van der Waals surface area contributed by atoms with E-state index in [0.717, 1.165) is 0 Å². The van der Waals surface area contributed by atoms with Gasteiger partial charge in [0.1, 0.15) is 0 Å². The van der Waals surface area contributed by atoms with Gasteiger partial charge in [0.15, 0.2) is 0 Å². The van der Waals surface area contributed by atoms with E-state index in [-0.39, 0.29) is 0 Å². The average molecular weight is 390 g/mol. The van der Waals surface area contributed by atoms with Crippen LogP contribution in [0.3, 0.4) is 0 Å². The number of rotatable bonds is 1. The quantitative estimate of drug-likeness (QED) is 0.653. The van der Waals surface area contributed by atoms with Crippen LogP contribution in [0.2, 0.25) is 4.13 Å². The first-order valence-corrected chi connectivity index (χ1v) is 11.3. The predicted molar refractivity (Wildman–Crippen MR) is 66.4 cm³/mol. The van der Waals surface area contributed by atoms with Gasteiger partial charge in [0.2, 0.25) is 0 Å². The SMILES string of the molecule is c1cc[c]([Bi]2[CH2]Cc3cccc[c]32)cc1. The number of hydrogen-bond donors (Lipinski definition) is 0. The van der Waals surface area contributed by atoms with Crippen LogP contribution in [0.25, 0.3) is 0 Å². The van der Waals surface area contributed by atoms with E-state index in [2.05, 4.69) is 54.6 Å². The van der Waals surface area contributed by atoms with Crippen molar-refractivity contribution in [1.82, 2.24) is 0 Å². The molecule has 0 amide bonds. The molecule has 0 atom stereocenters. The van der Waals surface area contributed by atoms with Crippen LogP contribution in [0.4, 0.5) is 0 Å². The van der Waals surface area contributed by atoms with Gasteiger partial charge < -0.3 is 0 Å². The summed E-state index contributed by atoms with van der Waals surface area (Å²) in [5.74, 6) is 0. The molecule has 2 aromatic rings. The van der Waals surface area contributed by atoms with Crippen molar-refractivity contribution < 1.29 is 0 Å². The molecule has 15 heavy (non-hydrogen) atoms. The second kappa shape index (κ2) is 4.06. The molecular weight excluding hydrogens is 377 g/mol. The van der Waals surface area contributed by atoms with Crippen LogP contribution in [-0.4, -0.2) is 21.8 Å². The number of aryl methyl sites for hydroxylation is 1. The standard InChI is InChI=1S/C8H8.C6H5.Bi/c1-2-8-6-4-3-5-7-8;1-2-4-6-5-3-1;/h3-6H,1-2H2;1-5H;. The Bertz CT molecular complexity index is 462. The van der Waals surface area contributed by atoms with Gasteiger partial charge in [-0.25, -0.2) is 0 Å². The molecule has 0 fully saturated rings. The molecule has 1 heterocycles. The van der Waals surface area contributed by atoms with Crippen LogP contribution in [0.15, 0.2) is 54.6 Å². The van der Waals surface area contributed by atoms with Gasteiger partial charge in [-0.1, -0.05) is 0 Å². The molecule has 0 aromatic heterocycles. The maximum atomic E-state index is 2.37. The fourth-order valence-electron chi connectivity index (χ4n) is 2.21. The third kappa shape index (κ3) is 1.74. The fraction of sp³-hybridized carbons (Fsp3) is 0.143. The summed E-state index contributed by atoms with van der Waals surface area (Å²) in [6.45, 7) is 0. The van der Waals surface area contributed by atoms with E-state index in [0.29, 0.717) is 0 Å². The summed E-state index contributed by atoms with van der Waals surface area (Å²) in [5.41, 5.74) is 1.62. The fourth-order valence-corrected chi connectivity index (χ4v) is 12.2. The van der Waals surface area contributed by atoms with Crippen molar-refractivity contribution in [2.45, 2.75) is 10.5 Å². The minimum absolute atomic E-state index is 1.32. The Morgan fingerprint density at radius 1 is 0.800 bits per heavy atom.